The van der Waals surface area contributed by atoms with Crippen molar-refractivity contribution in [3.63, 3.8) is 0 Å². The third kappa shape index (κ3) is 4.99. The summed E-state index contributed by atoms with van der Waals surface area (Å²) >= 11 is 0. The Morgan fingerprint density at radius 3 is 2.61 bits per heavy atom. The van der Waals surface area contributed by atoms with E-state index in [0.29, 0.717) is 18.4 Å². The van der Waals surface area contributed by atoms with Gasteiger partial charge in [-0.05, 0) is 43.9 Å². The van der Waals surface area contributed by atoms with Gasteiger partial charge in [-0.25, -0.2) is 9.97 Å². The average Bonchev–Trinajstić information content (AvgIpc) is 2.44. The lowest BCUT2D eigenvalue weighted by atomic mass is 9.93. The van der Waals surface area contributed by atoms with Gasteiger partial charge < -0.3 is 10.5 Å². The Hall–Kier alpha value is -2.01. The van der Waals surface area contributed by atoms with Gasteiger partial charge in [-0.15, -0.1) is 0 Å². The molecule has 5 heteroatoms. The lowest BCUT2D eigenvalue weighted by molar-refractivity contribution is 0.199. The molecule has 2 heterocycles. The molecule has 23 heavy (non-hydrogen) atoms. The SMILES string of the molecule is Cc1cc(-c2ccnc(F)c2)cnc1OC[C@@](C)(N)CC(C)C. The highest BCUT2D eigenvalue weighted by Crippen LogP contribution is 2.25. The van der Waals surface area contributed by atoms with E-state index in [0.717, 1.165) is 23.1 Å². The van der Waals surface area contributed by atoms with Crippen molar-refractivity contribution in [2.75, 3.05) is 6.61 Å². The van der Waals surface area contributed by atoms with Gasteiger partial charge >= 0.3 is 0 Å². The fourth-order valence-electron chi connectivity index (χ4n) is 2.68. The number of hydrogen-bond acceptors (Lipinski definition) is 4. The lowest BCUT2D eigenvalue weighted by Crippen LogP contribution is -2.43. The smallest absolute Gasteiger partial charge is 0.216 e. The summed E-state index contributed by atoms with van der Waals surface area (Å²) in [7, 11) is 0. The molecule has 0 radical (unpaired) electrons. The number of aryl methyl sites for hydroxylation is 1. The zero-order chi connectivity index (χ0) is 17.0. The lowest BCUT2D eigenvalue weighted by Gasteiger charge is -2.26. The minimum absolute atomic E-state index is 0.394. The molecule has 0 amide bonds. The summed E-state index contributed by atoms with van der Waals surface area (Å²) in [5.41, 5.74) is 8.31. The van der Waals surface area contributed by atoms with Gasteiger partial charge in [0.15, 0.2) is 0 Å². The van der Waals surface area contributed by atoms with Crippen LogP contribution in [-0.4, -0.2) is 22.1 Å². The van der Waals surface area contributed by atoms with Gasteiger partial charge in [-0.3, -0.25) is 0 Å². The van der Waals surface area contributed by atoms with Gasteiger partial charge in [0.2, 0.25) is 11.8 Å². The van der Waals surface area contributed by atoms with Crippen LogP contribution in [0.4, 0.5) is 4.39 Å². The second-order valence-electron chi connectivity index (χ2n) is 6.75. The number of pyridine rings is 2. The van der Waals surface area contributed by atoms with Gasteiger partial charge in [0.05, 0.1) is 0 Å². The molecule has 0 unspecified atom stereocenters. The van der Waals surface area contributed by atoms with Crippen molar-refractivity contribution in [1.82, 2.24) is 9.97 Å². The number of rotatable bonds is 6. The highest BCUT2D eigenvalue weighted by atomic mass is 19.1. The summed E-state index contributed by atoms with van der Waals surface area (Å²) in [4.78, 5) is 7.91. The van der Waals surface area contributed by atoms with E-state index >= 15 is 0 Å². The van der Waals surface area contributed by atoms with Crippen molar-refractivity contribution in [1.29, 1.82) is 0 Å². The first-order valence-corrected chi connectivity index (χ1v) is 7.77. The minimum Gasteiger partial charge on any atom is -0.476 e. The van der Waals surface area contributed by atoms with Crippen LogP contribution in [0.1, 0.15) is 32.8 Å². The molecule has 2 N–H and O–H groups in total. The summed E-state index contributed by atoms with van der Waals surface area (Å²) in [6.45, 7) is 8.58. The second kappa shape index (κ2) is 7.04. The fraction of sp³-hybridized carbons (Fsp3) is 0.444. The molecule has 0 aliphatic carbocycles. The van der Waals surface area contributed by atoms with Crippen molar-refractivity contribution < 1.29 is 9.13 Å². The maximum Gasteiger partial charge on any atom is 0.216 e. The van der Waals surface area contributed by atoms with E-state index in [1.54, 1.807) is 12.3 Å². The molecule has 0 fully saturated rings. The topological polar surface area (TPSA) is 61.0 Å². The number of halogens is 1. The van der Waals surface area contributed by atoms with Crippen molar-refractivity contribution >= 4 is 0 Å². The molecular weight excluding hydrogens is 293 g/mol. The highest BCUT2D eigenvalue weighted by Gasteiger charge is 2.21. The van der Waals surface area contributed by atoms with E-state index in [4.69, 9.17) is 10.5 Å². The average molecular weight is 317 g/mol. The predicted molar refractivity (Wildman–Crippen MR) is 89.7 cm³/mol. The number of ether oxygens (including phenoxy) is 1. The minimum atomic E-state index is -0.506. The third-order valence-corrected chi connectivity index (χ3v) is 3.50. The molecule has 124 valence electrons. The summed E-state index contributed by atoms with van der Waals surface area (Å²) in [6, 6.07) is 5.06. The molecule has 0 saturated carbocycles. The Kier molecular flexibility index (Phi) is 5.31. The molecule has 2 rings (SSSR count). The first kappa shape index (κ1) is 17.3. The van der Waals surface area contributed by atoms with Gasteiger partial charge in [-0.1, -0.05) is 13.8 Å². The van der Waals surface area contributed by atoms with E-state index in [1.807, 2.05) is 19.9 Å². The van der Waals surface area contributed by atoms with Crippen LogP contribution in [0.3, 0.4) is 0 Å². The summed E-state index contributed by atoms with van der Waals surface area (Å²) in [5.74, 6) is 0.559. The van der Waals surface area contributed by atoms with Crippen molar-refractivity contribution in [2.45, 2.75) is 39.7 Å². The van der Waals surface area contributed by atoms with Crippen LogP contribution in [0.2, 0.25) is 0 Å². The van der Waals surface area contributed by atoms with Crippen molar-refractivity contribution in [2.24, 2.45) is 11.7 Å². The standard InChI is InChI=1S/C18H24FN3O/c1-12(2)9-18(4,20)11-23-17-13(3)7-15(10-22-17)14-5-6-21-16(19)8-14/h5-8,10,12H,9,11,20H2,1-4H3/t18-/m0/s1. The maximum absolute atomic E-state index is 13.2. The van der Waals surface area contributed by atoms with E-state index in [1.165, 1.54) is 12.3 Å². The largest absolute Gasteiger partial charge is 0.476 e. The van der Waals surface area contributed by atoms with Gasteiger partial charge in [0, 0.05) is 35.1 Å². The van der Waals surface area contributed by atoms with Crippen LogP contribution in [0, 0.1) is 18.8 Å². The van der Waals surface area contributed by atoms with Crippen LogP contribution in [-0.2, 0) is 0 Å². The first-order chi connectivity index (χ1) is 10.8. The Balaban J connectivity index is 2.11. The van der Waals surface area contributed by atoms with Crippen molar-refractivity contribution in [3.8, 4) is 17.0 Å². The van der Waals surface area contributed by atoms with E-state index in [-0.39, 0.29) is 0 Å². The van der Waals surface area contributed by atoms with Gasteiger partial charge in [-0.2, -0.15) is 4.39 Å². The molecule has 0 saturated heterocycles. The highest BCUT2D eigenvalue weighted by molar-refractivity contribution is 5.63. The number of nitrogens with two attached hydrogens (primary N) is 1. The molecular formula is C18H24FN3O. The van der Waals surface area contributed by atoms with E-state index in [2.05, 4.69) is 23.8 Å². The zero-order valence-electron chi connectivity index (χ0n) is 14.1. The Bertz CT molecular complexity index is 671. The quantitative estimate of drug-likeness (QED) is 0.825. The first-order valence-electron chi connectivity index (χ1n) is 7.77. The number of nitrogens with zero attached hydrogens (tertiary/aromatic N) is 2. The summed E-state index contributed by atoms with van der Waals surface area (Å²) < 4.78 is 19.0. The van der Waals surface area contributed by atoms with Crippen LogP contribution >= 0.6 is 0 Å². The fourth-order valence-corrected chi connectivity index (χ4v) is 2.68. The Morgan fingerprint density at radius 1 is 1.26 bits per heavy atom. The summed E-state index contributed by atoms with van der Waals surface area (Å²) in [5, 5.41) is 0. The van der Waals surface area contributed by atoms with Crippen LogP contribution in [0.15, 0.2) is 30.6 Å². The van der Waals surface area contributed by atoms with Gasteiger partial charge in [0.25, 0.3) is 0 Å². The molecule has 0 spiro atoms. The number of hydrogen-bond donors (Lipinski definition) is 1. The summed E-state index contributed by atoms with van der Waals surface area (Å²) in [6.07, 6.45) is 3.99. The van der Waals surface area contributed by atoms with Crippen LogP contribution in [0.5, 0.6) is 5.88 Å². The maximum atomic E-state index is 13.2. The van der Waals surface area contributed by atoms with Crippen LogP contribution in [0.25, 0.3) is 11.1 Å². The van der Waals surface area contributed by atoms with E-state index < -0.39 is 11.5 Å². The predicted octanol–water partition coefficient (Wildman–Crippen LogP) is 3.73. The zero-order valence-corrected chi connectivity index (χ0v) is 14.1. The molecule has 0 bridgehead atoms. The molecule has 0 aliphatic rings. The molecule has 1 atom stereocenters. The van der Waals surface area contributed by atoms with Crippen LogP contribution < -0.4 is 10.5 Å². The second-order valence-corrected chi connectivity index (χ2v) is 6.75. The monoisotopic (exact) mass is 317 g/mol. The molecule has 2 aromatic rings. The Morgan fingerprint density at radius 2 is 2.00 bits per heavy atom. The molecule has 2 aromatic heterocycles. The normalized spacial score (nSPS) is 13.9. The Labute approximate surface area is 136 Å². The molecule has 0 aromatic carbocycles. The third-order valence-electron chi connectivity index (χ3n) is 3.50. The van der Waals surface area contributed by atoms with Gasteiger partial charge in [0.1, 0.15) is 6.61 Å². The van der Waals surface area contributed by atoms with Crippen molar-refractivity contribution in [3.05, 3.63) is 42.1 Å². The molecule has 0 aliphatic heterocycles. The van der Waals surface area contributed by atoms with E-state index in [9.17, 15) is 4.39 Å². The molecule has 4 nitrogen and oxygen atoms in total. The number of aromatic nitrogens is 2.